The molecule has 0 bridgehead atoms. The third kappa shape index (κ3) is 3.79. The molecule has 1 unspecified atom stereocenters. The second-order valence-electron chi connectivity index (χ2n) is 3.52. The summed E-state index contributed by atoms with van der Waals surface area (Å²) in [4.78, 5) is 0. The predicted molar refractivity (Wildman–Crippen MR) is 58.0 cm³/mol. The van der Waals surface area contributed by atoms with Crippen molar-refractivity contribution in [3.63, 3.8) is 0 Å². The lowest BCUT2D eigenvalue weighted by atomic mass is 9.98. The topological polar surface area (TPSA) is 26.0 Å². The van der Waals surface area contributed by atoms with Crippen molar-refractivity contribution < 1.29 is 0 Å². The summed E-state index contributed by atoms with van der Waals surface area (Å²) in [6.07, 6.45) is 2.14. The van der Waals surface area contributed by atoms with Crippen LogP contribution in [-0.4, -0.2) is 6.54 Å². The third-order valence-corrected chi connectivity index (χ3v) is 2.37. The van der Waals surface area contributed by atoms with Crippen molar-refractivity contribution in [2.45, 2.75) is 19.8 Å². The van der Waals surface area contributed by atoms with Gasteiger partial charge in [-0.2, -0.15) is 0 Å². The van der Waals surface area contributed by atoms with Crippen molar-refractivity contribution >= 4 is 11.6 Å². The third-order valence-electron chi connectivity index (χ3n) is 2.13. The van der Waals surface area contributed by atoms with Crippen LogP contribution in [-0.2, 0) is 6.42 Å². The lowest BCUT2D eigenvalue weighted by Gasteiger charge is -2.09. The summed E-state index contributed by atoms with van der Waals surface area (Å²) in [6.45, 7) is 2.98. The van der Waals surface area contributed by atoms with E-state index in [4.69, 9.17) is 17.3 Å². The SMILES string of the molecule is CC(CCN)Cc1cccc(Cl)c1. The molecular formula is C11H16ClN. The normalized spacial score (nSPS) is 12.8. The highest BCUT2D eigenvalue weighted by atomic mass is 35.5. The van der Waals surface area contributed by atoms with Gasteiger partial charge in [-0.05, 0) is 43.0 Å². The summed E-state index contributed by atoms with van der Waals surface area (Å²) in [5.41, 5.74) is 6.79. The van der Waals surface area contributed by atoms with Crippen LogP contribution in [0.15, 0.2) is 24.3 Å². The summed E-state index contributed by atoms with van der Waals surface area (Å²) in [6, 6.07) is 8.03. The average molecular weight is 198 g/mol. The summed E-state index contributed by atoms with van der Waals surface area (Å²) in [7, 11) is 0. The van der Waals surface area contributed by atoms with E-state index in [0.717, 1.165) is 24.4 Å². The standard InChI is InChI=1S/C11H16ClN/c1-9(5-6-13)7-10-3-2-4-11(12)8-10/h2-4,8-9H,5-7,13H2,1H3. The van der Waals surface area contributed by atoms with Gasteiger partial charge in [0.2, 0.25) is 0 Å². The van der Waals surface area contributed by atoms with Gasteiger partial charge in [0.15, 0.2) is 0 Å². The van der Waals surface area contributed by atoms with Gasteiger partial charge in [0.1, 0.15) is 0 Å². The Hall–Kier alpha value is -0.530. The zero-order chi connectivity index (χ0) is 9.68. The smallest absolute Gasteiger partial charge is 0.0408 e. The van der Waals surface area contributed by atoms with Crippen molar-refractivity contribution in [1.82, 2.24) is 0 Å². The summed E-state index contributed by atoms with van der Waals surface area (Å²) in [5.74, 6) is 0.642. The zero-order valence-corrected chi connectivity index (χ0v) is 8.72. The Morgan fingerprint density at radius 2 is 2.23 bits per heavy atom. The monoisotopic (exact) mass is 197 g/mol. The van der Waals surface area contributed by atoms with Gasteiger partial charge >= 0.3 is 0 Å². The fourth-order valence-electron chi connectivity index (χ4n) is 1.45. The molecule has 0 saturated carbocycles. The lowest BCUT2D eigenvalue weighted by molar-refractivity contribution is 0.538. The van der Waals surface area contributed by atoms with Crippen molar-refractivity contribution in [2.75, 3.05) is 6.54 Å². The summed E-state index contributed by atoms with van der Waals surface area (Å²) >= 11 is 5.88. The highest BCUT2D eigenvalue weighted by Gasteiger charge is 2.02. The van der Waals surface area contributed by atoms with E-state index in [0.29, 0.717) is 5.92 Å². The molecule has 0 saturated heterocycles. The van der Waals surface area contributed by atoms with E-state index in [9.17, 15) is 0 Å². The molecule has 1 rings (SSSR count). The van der Waals surface area contributed by atoms with E-state index in [1.54, 1.807) is 0 Å². The molecule has 0 aliphatic rings. The maximum absolute atomic E-state index is 5.88. The van der Waals surface area contributed by atoms with E-state index in [2.05, 4.69) is 13.0 Å². The summed E-state index contributed by atoms with van der Waals surface area (Å²) < 4.78 is 0. The van der Waals surface area contributed by atoms with Gasteiger partial charge in [0.25, 0.3) is 0 Å². The first kappa shape index (κ1) is 10.6. The molecule has 1 aromatic carbocycles. The quantitative estimate of drug-likeness (QED) is 0.790. The zero-order valence-electron chi connectivity index (χ0n) is 7.96. The molecule has 0 aliphatic carbocycles. The Balaban J connectivity index is 2.53. The van der Waals surface area contributed by atoms with Crippen LogP contribution >= 0.6 is 11.6 Å². The molecule has 0 amide bonds. The van der Waals surface area contributed by atoms with E-state index in [-0.39, 0.29) is 0 Å². The minimum Gasteiger partial charge on any atom is -0.330 e. The molecule has 0 heterocycles. The highest BCUT2D eigenvalue weighted by Crippen LogP contribution is 2.15. The average Bonchev–Trinajstić information content (AvgIpc) is 2.04. The van der Waals surface area contributed by atoms with Crippen LogP contribution in [0.25, 0.3) is 0 Å². The second-order valence-corrected chi connectivity index (χ2v) is 3.95. The number of hydrogen-bond acceptors (Lipinski definition) is 1. The fourth-order valence-corrected chi connectivity index (χ4v) is 1.67. The second kappa shape index (κ2) is 5.25. The number of nitrogens with two attached hydrogens (primary N) is 1. The van der Waals surface area contributed by atoms with Crippen LogP contribution in [0.2, 0.25) is 5.02 Å². The van der Waals surface area contributed by atoms with Crippen LogP contribution in [0.1, 0.15) is 18.9 Å². The molecule has 0 fully saturated rings. The van der Waals surface area contributed by atoms with Gasteiger partial charge in [-0.3, -0.25) is 0 Å². The molecule has 1 nitrogen and oxygen atoms in total. The molecule has 1 atom stereocenters. The maximum atomic E-state index is 5.88. The molecule has 13 heavy (non-hydrogen) atoms. The number of hydrogen-bond donors (Lipinski definition) is 1. The highest BCUT2D eigenvalue weighted by molar-refractivity contribution is 6.30. The van der Waals surface area contributed by atoms with Crippen LogP contribution in [0.4, 0.5) is 0 Å². The molecule has 72 valence electrons. The van der Waals surface area contributed by atoms with Crippen molar-refractivity contribution in [3.05, 3.63) is 34.9 Å². The van der Waals surface area contributed by atoms with Crippen LogP contribution in [0.5, 0.6) is 0 Å². The van der Waals surface area contributed by atoms with E-state index in [1.807, 2.05) is 18.2 Å². The Morgan fingerprint density at radius 3 is 2.85 bits per heavy atom. The first-order valence-electron chi connectivity index (χ1n) is 4.67. The summed E-state index contributed by atoms with van der Waals surface area (Å²) in [5, 5.41) is 0.817. The lowest BCUT2D eigenvalue weighted by Crippen LogP contribution is -2.07. The Kier molecular flexibility index (Phi) is 4.26. The fraction of sp³-hybridized carbons (Fsp3) is 0.455. The number of rotatable bonds is 4. The molecule has 2 heteroatoms. The molecule has 0 aliphatic heterocycles. The van der Waals surface area contributed by atoms with Crippen LogP contribution in [0, 0.1) is 5.92 Å². The van der Waals surface area contributed by atoms with E-state index < -0.39 is 0 Å². The van der Waals surface area contributed by atoms with E-state index in [1.165, 1.54) is 5.56 Å². The van der Waals surface area contributed by atoms with Crippen LogP contribution < -0.4 is 5.73 Å². The first-order valence-corrected chi connectivity index (χ1v) is 5.04. The molecule has 2 N–H and O–H groups in total. The van der Waals surface area contributed by atoms with Crippen LogP contribution in [0.3, 0.4) is 0 Å². The van der Waals surface area contributed by atoms with Gasteiger partial charge in [-0.1, -0.05) is 30.7 Å². The Bertz CT molecular complexity index is 260. The molecular weight excluding hydrogens is 182 g/mol. The van der Waals surface area contributed by atoms with Gasteiger partial charge in [-0.25, -0.2) is 0 Å². The van der Waals surface area contributed by atoms with E-state index >= 15 is 0 Å². The Morgan fingerprint density at radius 1 is 1.46 bits per heavy atom. The van der Waals surface area contributed by atoms with Gasteiger partial charge in [-0.15, -0.1) is 0 Å². The molecule has 1 aromatic rings. The minimum absolute atomic E-state index is 0.642. The van der Waals surface area contributed by atoms with Gasteiger partial charge in [0, 0.05) is 5.02 Å². The molecule has 0 spiro atoms. The first-order chi connectivity index (χ1) is 6.22. The van der Waals surface area contributed by atoms with Crippen molar-refractivity contribution in [1.29, 1.82) is 0 Å². The van der Waals surface area contributed by atoms with Gasteiger partial charge < -0.3 is 5.73 Å². The van der Waals surface area contributed by atoms with Crippen molar-refractivity contribution in [3.8, 4) is 0 Å². The Labute approximate surface area is 84.9 Å². The van der Waals surface area contributed by atoms with Crippen molar-refractivity contribution in [2.24, 2.45) is 11.7 Å². The van der Waals surface area contributed by atoms with Gasteiger partial charge in [0.05, 0.1) is 0 Å². The predicted octanol–water partition coefficient (Wildman–Crippen LogP) is 2.87. The number of halogens is 1. The number of benzene rings is 1. The molecule has 0 aromatic heterocycles. The largest absolute Gasteiger partial charge is 0.330 e. The molecule has 0 radical (unpaired) electrons. The maximum Gasteiger partial charge on any atom is 0.0408 e. The minimum atomic E-state index is 0.642.